The van der Waals surface area contributed by atoms with Crippen LogP contribution in [0.1, 0.15) is 55.2 Å². The average molecular weight is 640 g/mol. The van der Waals surface area contributed by atoms with Gasteiger partial charge in [0.2, 0.25) is 5.91 Å². The molecule has 0 spiro atoms. The summed E-state index contributed by atoms with van der Waals surface area (Å²) in [5.41, 5.74) is 19.4. The maximum absolute atomic E-state index is 13.4. The number of nitrogens with zero attached hydrogens (tertiary/aromatic N) is 2. The second kappa shape index (κ2) is 13.1. The second-order valence-corrected chi connectivity index (χ2v) is 13.2. The zero-order valence-electron chi connectivity index (χ0n) is 27.4. The van der Waals surface area contributed by atoms with E-state index in [-0.39, 0.29) is 17.9 Å². The zero-order valence-corrected chi connectivity index (χ0v) is 27.4. The maximum atomic E-state index is 13.4. The molecule has 1 aliphatic carbocycles. The molecule has 2 amide bonds. The number of rotatable bonds is 9. The number of fused-ring (bicyclic) bond motifs is 3. The summed E-state index contributed by atoms with van der Waals surface area (Å²) in [5, 5.41) is 11.7. The summed E-state index contributed by atoms with van der Waals surface area (Å²) >= 11 is 0. The topological polar surface area (TPSA) is 124 Å². The van der Waals surface area contributed by atoms with Gasteiger partial charge in [-0.3, -0.25) is 4.79 Å². The number of likely N-dealkylation sites (tertiary alicyclic amines) is 1. The minimum Gasteiger partial charge on any atom is -0.465 e. The molecule has 2 atom stereocenters. The highest BCUT2D eigenvalue weighted by molar-refractivity contribution is 5.87. The second-order valence-electron chi connectivity index (χ2n) is 13.2. The molecule has 2 heterocycles. The number of hydrogen-bond acceptors (Lipinski definition) is 4. The minimum atomic E-state index is -1.19. The number of carbonyl (C=O) groups excluding carboxylic acids is 1. The van der Waals surface area contributed by atoms with Crippen LogP contribution in [-0.2, 0) is 17.6 Å². The number of aromatic amines is 1. The fourth-order valence-corrected chi connectivity index (χ4v) is 7.45. The quantitative estimate of drug-likeness (QED) is 0.131. The van der Waals surface area contributed by atoms with Crippen molar-refractivity contribution in [1.82, 2.24) is 20.2 Å². The van der Waals surface area contributed by atoms with Crippen LogP contribution in [0.5, 0.6) is 0 Å². The SMILES string of the molecule is CC(C)C(NC(=O)O)C(=O)N1CCCC1c1ncc(-c2ccc(-c3ccc(-c4c(CCN)ccc5c4Cc4ccccc4-5)cc3)cc2)[nH]1. The van der Waals surface area contributed by atoms with Gasteiger partial charge in [0.25, 0.3) is 0 Å². The van der Waals surface area contributed by atoms with E-state index in [1.54, 1.807) is 4.90 Å². The molecule has 244 valence electrons. The summed E-state index contributed by atoms with van der Waals surface area (Å²) in [6.45, 7) is 4.88. The molecule has 0 radical (unpaired) electrons. The molecule has 0 bridgehead atoms. The van der Waals surface area contributed by atoms with Crippen molar-refractivity contribution in [2.45, 2.75) is 51.6 Å². The molecular formula is C40H41N5O3. The van der Waals surface area contributed by atoms with Gasteiger partial charge >= 0.3 is 6.09 Å². The van der Waals surface area contributed by atoms with Gasteiger partial charge in [-0.1, -0.05) is 98.8 Å². The summed E-state index contributed by atoms with van der Waals surface area (Å²) in [4.78, 5) is 34.5. The maximum Gasteiger partial charge on any atom is 0.405 e. The molecular weight excluding hydrogens is 598 g/mol. The first kappa shape index (κ1) is 31.4. The third kappa shape index (κ3) is 5.88. The van der Waals surface area contributed by atoms with E-state index in [4.69, 9.17) is 5.73 Å². The van der Waals surface area contributed by atoms with Gasteiger partial charge in [0.05, 0.1) is 17.9 Å². The lowest BCUT2D eigenvalue weighted by molar-refractivity contribution is -0.135. The molecule has 48 heavy (non-hydrogen) atoms. The van der Waals surface area contributed by atoms with Crippen molar-refractivity contribution in [3.05, 3.63) is 114 Å². The molecule has 2 unspecified atom stereocenters. The Hall–Kier alpha value is -5.21. The van der Waals surface area contributed by atoms with Crippen LogP contribution in [0.3, 0.4) is 0 Å². The molecule has 2 aliphatic rings. The molecule has 8 nitrogen and oxygen atoms in total. The van der Waals surface area contributed by atoms with Crippen LogP contribution in [0.15, 0.2) is 91.1 Å². The summed E-state index contributed by atoms with van der Waals surface area (Å²) < 4.78 is 0. The van der Waals surface area contributed by atoms with Gasteiger partial charge in [0.1, 0.15) is 11.9 Å². The van der Waals surface area contributed by atoms with Crippen LogP contribution < -0.4 is 11.1 Å². The van der Waals surface area contributed by atoms with Crippen molar-refractivity contribution < 1.29 is 14.7 Å². The number of H-pyrrole nitrogens is 1. The number of carboxylic acid groups (broad SMARTS) is 1. The molecule has 1 fully saturated rings. The lowest BCUT2D eigenvalue weighted by Crippen LogP contribution is -2.50. The highest BCUT2D eigenvalue weighted by atomic mass is 16.4. The van der Waals surface area contributed by atoms with Gasteiger partial charge in [-0.15, -0.1) is 0 Å². The molecule has 7 rings (SSSR count). The third-order valence-corrected chi connectivity index (χ3v) is 9.85. The Balaban J connectivity index is 1.09. The monoisotopic (exact) mass is 639 g/mol. The largest absolute Gasteiger partial charge is 0.465 e. The highest BCUT2D eigenvalue weighted by Gasteiger charge is 2.37. The zero-order chi connectivity index (χ0) is 33.4. The Labute approximate surface area is 281 Å². The first-order valence-electron chi connectivity index (χ1n) is 16.8. The van der Waals surface area contributed by atoms with E-state index < -0.39 is 12.1 Å². The van der Waals surface area contributed by atoms with Gasteiger partial charge in [0, 0.05) is 6.54 Å². The van der Waals surface area contributed by atoms with Crippen molar-refractivity contribution >= 4 is 12.0 Å². The van der Waals surface area contributed by atoms with E-state index in [1.165, 1.54) is 38.9 Å². The van der Waals surface area contributed by atoms with Gasteiger partial charge in [-0.2, -0.15) is 0 Å². The molecule has 8 heteroatoms. The van der Waals surface area contributed by atoms with Gasteiger partial charge in [0.15, 0.2) is 0 Å². The van der Waals surface area contributed by atoms with Crippen LogP contribution in [0.25, 0.3) is 44.6 Å². The molecule has 1 aliphatic heterocycles. The number of imidazole rings is 1. The molecule has 1 aromatic heterocycles. The number of nitrogens with one attached hydrogen (secondary N) is 2. The number of nitrogens with two attached hydrogens (primary N) is 1. The Morgan fingerprint density at radius 2 is 1.62 bits per heavy atom. The summed E-state index contributed by atoms with van der Waals surface area (Å²) in [6, 6.07) is 29.5. The van der Waals surface area contributed by atoms with Crippen LogP contribution in [0.4, 0.5) is 4.79 Å². The third-order valence-electron chi connectivity index (χ3n) is 9.85. The highest BCUT2D eigenvalue weighted by Crippen LogP contribution is 2.43. The summed E-state index contributed by atoms with van der Waals surface area (Å²) in [6.07, 6.45) is 4.01. The number of aromatic nitrogens is 2. The number of carbonyl (C=O) groups is 2. The van der Waals surface area contributed by atoms with Crippen LogP contribution in [0, 0.1) is 5.92 Å². The number of hydrogen-bond donors (Lipinski definition) is 4. The predicted molar refractivity (Wildman–Crippen MR) is 189 cm³/mol. The van der Waals surface area contributed by atoms with E-state index in [9.17, 15) is 14.7 Å². The van der Waals surface area contributed by atoms with Crippen LogP contribution >= 0.6 is 0 Å². The minimum absolute atomic E-state index is 0.165. The normalized spacial score (nSPS) is 15.8. The van der Waals surface area contributed by atoms with Crippen LogP contribution in [-0.4, -0.2) is 51.1 Å². The molecule has 4 aromatic carbocycles. The number of amides is 2. The van der Waals surface area contributed by atoms with Crippen molar-refractivity contribution in [3.8, 4) is 44.6 Å². The van der Waals surface area contributed by atoms with Crippen molar-refractivity contribution in [2.24, 2.45) is 11.7 Å². The fourth-order valence-electron chi connectivity index (χ4n) is 7.45. The lowest BCUT2D eigenvalue weighted by Gasteiger charge is -2.29. The van der Waals surface area contributed by atoms with Crippen LogP contribution in [0.2, 0.25) is 0 Å². The molecule has 5 aromatic rings. The summed E-state index contributed by atoms with van der Waals surface area (Å²) in [5.74, 6) is 0.348. The van der Waals surface area contributed by atoms with E-state index in [1.807, 2.05) is 20.0 Å². The average Bonchev–Trinajstić information content (AvgIpc) is 3.86. The molecule has 5 N–H and O–H groups in total. The smallest absolute Gasteiger partial charge is 0.405 e. The van der Waals surface area contributed by atoms with Gasteiger partial charge in [-0.25, -0.2) is 9.78 Å². The number of benzene rings is 4. The van der Waals surface area contributed by atoms with Crippen molar-refractivity contribution in [3.63, 3.8) is 0 Å². The fraction of sp³-hybridized carbons (Fsp3) is 0.275. The Morgan fingerprint density at radius 1 is 0.938 bits per heavy atom. The predicted octanol–water partition coefficient (Wildman–Crippen LogP) is 7.44. The van der Waals surface area contributed by atoms with E-state index >= 15 is 0 Å². The first-order valence-corrected chi connectivity index (χ1v) is 16.8. The standard InChI is InChI=1S/C40H41N5O3/c1-24(2)37(44-40(47)48)39(46)45-21-5-8-35(45)38-42-23-34(43-38)27-13-9-25(10-14-27)26-11-15-28(16-12-26)36-29(19-20-41)17-18-32-31-7-4-3-6-30(31)22-33(32)36/h3-4,6-7,9-18,23-24,35,37,44H,5,8,19-22,41H2,1-2H3,(H,42,43)(H,47,48). The molecule has 0 saturated carbocycles. The van der Waals surface area contributed by atoms with Gasteiger partial charge < -0.3 is 26.0 Å². The summed E-state index contributed by atoms with van der Waals surface area (Å²) in [7, 11) is 0. The van der Waals surface area contributed by atoms with Crippen molar-refractivity contribution in [1.29, 1.82) is 0 Å². The first-order chi connectivity index (χ1) is 23.3. The van der Waals surface area contributed by atoms with Gasteiger partial charge in [-0.05, 0) is 93.8 Å². The Morgan fingerprint density at radius 3 is 2.31 bits per heavy atom. The lowest BCUT2D eigenvalue weighted by atomic mass is 9.89. The van der Waals surface area contributed by atoms with Crippen molar-refractivity contribution in [2.75, 3.05) is 13.1 Å². The molecule has 1 saturated heterocycles. The van der Waals surface area contributed by atoms with E-state index in [0.29, 0.717) is 13.1 Å². The van der Waals surface area contributed by atoms with E-state index in [0.717, 1.165) is 53.9 Å². The van der Waals surface area contributed by atoms with E-state index in [2.05, 4.69) is 100 Å². The Bertz CT molecular complexity index is 1960. The Kier molecular flexibility index (Phi) is 8.58.